The molecule has 1 saturated carbocycles. The lowest BCUT2D eigenvalue weighted by Crippen LogP contribution is -2.43. The molecule has 2 fully saturated rings. The Labute approximate surface area is 207 Å². The molecule has 8 heteroatoms. The number of fused-ring (bicyclic) bond motifs is 5. The van der Waals surface area contributed by atoms with Crippen molar-refractivity contribution < 1.29 is 14.3 Å². The first-order chi connectivity index (χ1) is 15.0. The molecule has 3 aliphatic rings. The molecule has 2 N–H and O–H groups in total. The van der Waals surface area contributed by atoms with Gasteiger partial charge in [0.15, 0.2) is 5.96 Å². The van der Waals surface area contributed by atoms with E-state index in [1.807, 2.05) is 38.1 Å². The van der Waals surface area contributed by atoms with E-state index in [1.165, 1.54) is 4.90 Å². The molecule has 174 valence electrons. The van der Waals surface area contributed by atoms with Crippen LogP contribution in [0.25, 0.3) is 0 Å². The lowest BCUT2D eigenvalue weighted by Gasteiger charge is -2.20. The fourth-order valence-electron chi connectivity index (χ4n) is 5.04. The molecule has 0 aromatic heterocycles. The van der Waals surface area contributed by atoms with Gasteiger partial charge in [-0.1, -0.05) is 30.4 Å². The van der Waals surface area contributed by atoms with E-state index in [2.05, 4.69) is 27.8 Å². The Balaban J connectivity index is 0.00000289. The van der Waals surface area contributed by atoms with E-state index in [0.29, 0.717) is 32.0 Å². The van der Waals surface area contributed by atoms with Gasteiger partial charge in [0, 0.05) is 20.1 Å². The molecule has 1 aliphatic heterocycles. The molecule has 1 aromatic rings. The molecule has 1 aromatic carbocycles. The number of amides is 2. The van der Waals surface area contributed by atoms with Gasteiger partial charge in [-0.15, -0.1) is 24.0 Å². The summed E-state index contributed by atoms with van der Waals surface area (Å²) in [7, 11) is 1.72. The zero-order valence-electron chi connectivity index (χ0n) is 18.9. The van der Waals surface area contributed by atoms with Crippen molar-refractivity contribution in [3.8, 4) is 5.75 Å². The zero-order valence-corrected chi connectivity index (χ0v) is 21.2. The minimum Gasteiger partial charge on any atom is -0.489 e. The van der Waals surface area contributed by atoms with Gasteiger partial charge in [-0.25, -0.2) is 0 Å². The van der Waals surface area contributed by atoms with Gasteiger partial charge in [-0.05, 0) is 50.2 Å². The predicted molar refractivity (Wildman–Crippen MR) is 135 cm³/mol. The van der Waals surface area contributed by atoms with E-state index < -0.39 is 0 Å². The van der Waals surface area contributed by atoms with Crippen LogP contribution in [0.4, 0.5) is 0 Å². The Bertz CT molecular complexity index is 873. The number of carbonyl (C=O) groups excluding carboxylic acids is 2. The first-order valence-corrected chi connectivity index (χ1v) is 11.2. The van der Waals surface area contributed by atoms with E-state index in [4.69, 9.17) is 4.74 Å². The topological polar surface area (TPSA) is 83.0 Å². The van der Waals surface area contributed by atoms with Crippen molar-refractivity contribution in [2.24, 2.45) is 28.7 Å². The third kappa shape index (κ3) is 4.94. The van der Waals surface area contributed by atoms with Gasteiger partial charge in [-0.3, -0.25) is 19.5 Å². The minimum atomic E-state index is -0.111. The number of benzene rings is 1. The maximum Gasteiger partial charge on any atom is 0.233 e. The number of rotatable bonds is 8. The minimum absolute atomic E-state index is 0. The van der Waals surface area contributed by atoms with Crippen LogP contribution in [0.2, 0.25) is 0 Å². The van der Waals surface area contributed by atoms with Crippen molar-refractivity contribution in [2.75, 3.05) is 26.7 Å². The highest BCUT2D eigenvalue weighted by molar-refractivity contribution is 14.0. The number of nitrogens with one attached hydrogen (secondary N) is 2. The standard InChI is InChI=1S/C24H32N4O3.HI/c1-15-7-4-5-8-19(15)31-16(2)14-27-24(25-3)26-11-6-12-28-22(29)20-17-9-10-18(13-17)21(20)23(28)30;/h4-5,7-10,16-18,20-21H,6,11-14H2,1-3H3,(H2,25,26,27);1H. The van der Waals surface area contributed by atoms with Gasteiger partial charge in [0.2, 0.25) is 11.8 Å². The Morgan fingerprint density at radius 3 is 2.44 bits per heavy atom. The second-order valence-electron chi connectivity index (χ2n) is 8.76. The highest BCUT2D eigenvalue weighted by atomic mass is 127. The van der Waals surface area contributed by atoms with Crippen molar-refractivity contribution in [1.82, 2.24) is 15.5 Å². The summed E-state index contributed by atoms with van der Waals surface area (Å²) < 4.78 is 5.98. The van der Waals surface area contributed by atoms with Gasteiger partial charge in [-0.2, -0.15) is 0 Å². The summed E-state index contributed by atoms with van der Waals surface area (Å²) in [6.07, 6.45) is 5.89. The second-order valence-corrected chi connectivity index (χ2v) is 8.76. The molecular weight excluding hydrogens is 519 g/mol. The zero-order chi connectivity index (χ0) is 22.0. The van der Waals surface area contributed by atoms with Crippen LogP contribution in [0.15, 0.2) is 41.4 Å². The molecule has 1 heterocycles. The average molecular weight is 552 g/mol. The molecular formula is C24H33IN4O3. The smallest absolute Gasteiger partial charge is 0.233 e. The molecule has 0 radical (unpaired) electrons. The van der Waals surface area contributed by atoms with E-state index in [9.17, 15) is 9.59 Å². The largest absolute Gasteiger partial charge is 0.489 e. The van der Waals surface area contributed by atoms with Crippen molar-refractivity contribution >= 4 is 41.8 Å². The maximum atomic E-state index is 12.7. The molecule has 5 atom stereocenters. The summed E-state index contributed by atoms with van der Waals surface area (Å²) in [5.74, 6) is 1.92. The first-order valence-electron chi connectivity index (χ1n) is 11.2. The van der Waals surface area contributed by atoms with E-state index in [1.54, 1.807) is 7.05 Å². The molecule has 32 heavy (non-hydrogen) atoms. The monoisotopic (exact) mass is 552 g/mol. The number of guanidine groups is 1. The Hall–Kier alpha value is -2.10. The van der Waals surface area contributed by atoms with Crippen LogP contribution in [0.3, 0.4) is 0 Å². The second kappa shape index (κ2) is 10.7. The number of para-hydroxylation sites is 1. The van der Waals surface area contributed by atoms with Gasteiger partial charge in [0.1, 0.15) is 11.9 Å². The molecule has 2 aliphatic carbocycles. The molecule has 4 rings (SSSR count). The fraction of sp³-hybridized carbons (Fsp3) is 0.542. The average Bonchev–Trinajstić information content (AvgIpc) is 3.44. The number of aryl methyl sites for hydroxylation is 1. The Kier molecular flexibility index (Phi) is 8.19. The van der Waals surface area contributed by atoms with Crippen molar-refractivity contribution in [3.05, 3.63) is 42.0 Å². The Morgan fingerprint density at radius 2 is 1.81 bits per heavy atom. The quantitative estimate of drug-likeness (QED) is 0.130. The van der Waals surface area contributed by atoms with Crippen molar-refractivity contribution in [1.29, 1.82) is 0 Å². The van der Waals surface area contributed by atoms with Gasteiger partial charge in [0.25, 0.3) is 0 Å². The first kappa shape index (κ1) is 24.5. The fourth-order valence-corrected chi connectivity index (χ4v) is 5.04. The highest BCUT2D eigenvalue weighted by Crippen LogP contribution is 2.52. The number of halogens is 1. The molecule has 7 nitrogen and oxygen atoms in total. The number of nitrogens with zero attached hydrogens (tertiary/aromatic N) is 2. The summed E-state index contributed by atoms with van der Waals surface area (Å²) in [5, 5.41) is 6.52. The van der Waals surface area contributed by atoms with Gasteiger partial charge < -0.3 is 15.4 Å². The lowest BCUT2D eigenvalue weighted by molar-refractivity contribution is -0.140. The maximum absolute atomic E-state index is 12.7. The number of aliphatic imine (C=N–C) groups is 1. The lowest BCUT2D eigenvalue weighted by atomic mass is 9.85. The van der Waals surface area contributed by atoms with E-state index in [0.717, 1.165) is 17.7 Å². The Morgan fingerprint density at radius 1 is 1.16 bits per heavy atom. The number of ether oxygens (including phenoxy) is 1. The molecule has 5 unspecified atom stereocenters. The van der Waals surface area contributed by atoms with Crippen LogP contribution in [0.5, 0.6) is 5.75 Å². The third-order valence-electron chi connectivity index (χ3n) is 6.61. The van der Waals surface area contributed by atoms with E-state index in [-0.39, 0.29) is 65.6 Å². The van der Waals surface area contributed by atoms with Gasteiger partial charge in [0.05, 0.1) is 18.4 Å². The van der Waals surface area contributed by atoms with Crippen LogP contribution in [0, 0.1) is 30.6 Å². The molecule has 2 amide bonds. The van der Waals surface area contributed by atoms with Crippen LogP contribution < -0.4 is 15.4 Å². The number of hydrogen-bond donors (Lipinski definition) is 2. The number of likely N-dealkylation sites (tertiary alicyclic amines) is 1. The normalized spacial score (nSPS) is 26.7. The number of carbonyl (C=O) groups is 2. The summed E-state index contributed by atoms with van der Waals surface area (Å²) >= 11 is 0. The SMILES string of the molecule is CN=C(NCCCN1C(=O)C2C3C=CC(C3)C2C1=O)NCC(C)Oc1ccccc1C.I. The van der Waals surface area contributed by atoms with Crippen molar-refractivity contribution in [3.63, 3.8) is 0 Å². The van der Waals surface area contributed by atoms with Crippen LogP contribution >= 0.6 is 24.0 Å². The van der Waals surface area contributed by atoms with E-state index >= 15 is 0 Å². The number of imide groups is 1. The summed E-state index contributed by atoms with van der Waals surface area (Å²) in [5.41, 5.74) is 1.11. The number of hydrogen-bond acceptors (Lipinski definition) is 4. The predicted octanol–water partition coefficient (Wildman–Crippen LogP) is 2.74. The number of allylic oxidation sites excluding steroid dienone is 2. The highest BCUT2D eigenvalue weighted by Gasteiger charge is 2.58. The molecule has 2 bridgehead atoms. The van der Waals surface area contributed by atoms with Gasteiger partial charge >= 0.3 is 0 Å². The van der Waals surface area contributed by atoms with Crippen LogP contribution in [-0.4, -0.2) is 55.5 Å². The summed E-state index contributed by atoms with van der Waals surface area (Å²) in [6.45, 7) is 5.73. The van der Waals surface area contributed by atoms with Crippen LogP contribution in [-0.2, 0) is 9.59 Å². The third-order valence-corrected chi connectivity index (χ3v) is 6.61. The molecule has 0 spiro atoms. The summed E-state index contributed by atoms with van der Waals surface area (Å²) in [6, 6.07) is 7.96. The summed E-state index contributed by atoms with van der Waals surface area (Å²) in [4.78, 5) is 31.2. The van der Waals surface area contributed by atoms with Crippen molar-refractivity contribution in [2.45, 2.75) is 32.8 Å². The molecule has 1 saturated heterocycles. The van der Waals surface area contributed by atoms with Crippen LogP contribution in [0.1, 0.15) is 25.3 Å².